The fraction of sp³-hybridized carbons (Fsp3) is 0.625. The lowest BCUT2D eigenvalue weighted by Crippen LogP contribution is -2.42. The van der Waals surface area contributed by atoms with Gasteiger partial charge in [0.15, 0.2) is 0 Å². The summed E-state index contributed by atoms with van der Waals surface area (Å²) >= 11 is 0. The Balaban J connectivity index is 2.21. The molecule has 0 heterocycles. The molecule has 2 rings (SSSR count). The molecule has 2 aliphatic rings. The van der Waals surface area contributed by atoms with Crippen LogP contribution in [0.15, 0.2) is 12.2 Å². The minimum absolute atomic E-state index is 0.319. The molecule has 0 amide bonds. The normalized spacial score (nSPS) is 46.8. The Kier molecular flexibility index (Phi) is 0.850. The molecule has 0 radical (unpaired) electrons. The van der Waals surface area contributed by atoms with Gasteiger partial charge in [-0.1, -0.05) is 19.1 Å². The summed E-state index contributed by atoms with van der Waals surface area (Å²) in [5.41, 5.74) is 0. The number of rotatable bonds is 0. The molecule has 3 atom stereocenters. The topological polar surface area (TPSA) is 17.1 Å². The van der Waals surface area contributed by atoms with Gasteiger partial charge in [-0.15, -0.1) is 0 Å². The van der Waals surface area contributed by atoms with Crippen molar-refractivity contribution in [3.05, 3.63) is 12.2 Å². The number of carbonyl (C=O) groups excluding carboxylic acids is 1. The molecule has 0 N–H and O–H groups in total. The van der Waals surface area contributed by atoms with Crippen molar-refractivity contribution in [1.82, 2.24) is 0 Å². The van der Waals surface area contributed by atoms with Gasteiger partial charge < -0.3 is 0 Å². The molecule has 0 aromatic carbocycles. The van der Waals surface area contributed by atoms with Crippen LogP contribution in [-0.2, 0) is 4.79 Å². The van der Waals surface area contributed by atoms with Gasteiger partial charge in [0.2, 0.25) is 0 Å². The first kappa shape index (κ1) is 5.21. The van der Waals surface area contributed by atoms with Crippen LogP contribution in [-0.4, -0.2) is 5.78 Å². The Bertz CT molecular complexity index is 181. The van der Waals surface area contributed by atoms with E-state index in [9.17, 15) is 4.79 Å². The third-order valence-corrected chi connectivity index (χ3v) is 2.63. The lowest BCUT2D eigenvalue weighted by Gasteiger charge is -2.35. The van der Waals surface area contributed by atoms with Gasteiger partial charge in [-0.2, -0.15) is 0 Å². The minimum Gasteiger partial charge on any atom is -0.299 e. The molecular weight excluding hydrogens is 112 g/mol. The molecule has 1 nitrogen and oxygen atoms in total. The lowest BCUT2D eigenvalue weighted by molar-refractivity contribution is -0.137. The third-order valence-electron chi connectivity index (χ3n) is 2.63. The van der Waals surface area contributed by atoms with Gasteiger partial charge in [0.05, 0.1) is 0 Å². The molecule has 2 aliphatic carbocycles. The summed E-state index contributed by atoms with van der Waals surface area (Å²) in [7, 11) is 0. The first-order chi connectivity index (χ1) is 4.30. The Hall–Kier alpha value is -0.590. The van der Waals surface area contributed by atoms with Gasteiger partial charge in [-0.3, -0.25) is 4.79 Å². The zero-order chi connectivity index (χ0) is 6.43. The zero-order valence-corrected chi connectivity index (χ0v) is 5.50. The van der Waals surface area contributed by atoms with E-state index in [1.807, 2.05) is 6.92 Å². The van der Waals surface area contributed by atoms with E-state index in [4.69, 9.17) is 0 Å². The fourth-order valence-electron chi connectivity index (χ4n) is 1.89. The smallest absolute Gasteiger partial charge is 0.143 e. The first-order valence-electron chi connectivity index (χ1n) is 3.51. The van der Waals surface area contributed by atoms with E-state index in [0.717, 1.165) is 6.42 Å². The highest BCUT2D eigenvalue weighted by Crippen LogP contribution is 2.43. The molecule has 0 bridgehead atoms. The highest BCUT2D eigenvalue weighted by atomic mass is 16.1. The van der Waals surface area contributed by atoms with E-state index >= 15 is 0 Å². The van der Waals surface area contributed by atoms with Crippen molar-refractivity contribution < 1.29 is 4.79 Å². The maximum absolute atomic E-state index is 11.0. The molecule has 0 aromatic heterocycles. The van der Waals surface area contributed by atoms with E-state index in [-0.39, 0.29) is 0 Å². The summed E-state index contributed by atoms with van der Waals surface area (Å²) in [5, 5.41) is 0. The molecule has 0 spiro atoms. The Labute approximate surface area is 54.8 Å². The summed E-state index contributed by atoms with van der Waals surface area (Å²) < 4.78 is 0. The van der Waals surface area contributed by atoms with Crippen molar-refractivity contribution in [1.29, 1.82) is 0 Å². The molecule has 1 heteroatoms. The molecule has 3 unspecified atom stereocenters. The van der Waals surface area contributed by atoms with Gasteiger partial charge in [0.25, 0.3) is 0 Å². The number of fused-ring (bicyclic) bond motifs is 1. The Morgan fingerprint density at radius 3 is 3.11 bits per heavy atom. The number of carbonyl (C=O) groups is 1. The molecular formula is C8H10O. The third kappa shape index (κ3) is 0.473. The van der Waals surface area contributed by atoms with Crippen LogP contribution in [0.5, 0.6) is 0 Å². The Morgan fingerprint density at radius 1 is 1.67 bits per heavy atom. The van der Waals surface area contributed by atoms with Crippen LogP contribution in [0.4, 0.5) is 0 Å². The second kappa shape index (κ2) is 1.47. The molecule has 0 saturated heterocycles. The largest absolute Gasteiger partial charge is 0.299 e. The van der Waals surface area contributed by atoms with Gasteiger partial charge in [0, 0.05) is 11.8 Å². The fourth-order valence-corrected chi connectivity index (χ4v) is 1.89. The lowest BCUT2D eigenvalue weighted by atomic mass is 9.66. The standard InChI is InChI=1S/C8H10O/c1-5-6-3-2-4-7(6)8(5)9/h2,4-7H,3H2,1H3. The van der Waals surface area contributed by atoms with Crippen LogP contribution in [0.3, 0.4) is 0 Å². The quantitative estimate of drug-likeness (QED) is 0.444. The highest BCUT2D eigenvalue weighted by molar-refractivity contribution is 5.92. The van der Waals surface area contributed by atoms with Crippen LogP contribution in [0, 0.1) is 17.8 Å². The van der Waals surface area contributed by atoms with Crippen molar-refractivity contribution in [2.45, 2.75) is 13.3 Å². The monoisotopic (exact) mass is 122 g/mol. The average Bonchev–Trinajstić information content (AvgIpc) is 2.30. The predicted molar refractivity (Wildman–Crippen MR) is 34.9 cm³/mol. The van der Waals surface area contributed by atoms with Crippen LogP contribution in [0.1, 0.15) is 13.3 Å². The SMILES string of the molecule is CC1C(=O)C2C=CCC12. The zero-order valence-electron chi connectivity index (χ0n) is 5.50. The molecule has 1 saturated carbocycles. The van der Waals surface area contributed by atoms with Crippen molar-refractivity contribution in [3.8, 4) is 0 Å². The molecule has 0 aliphatic heterocycles. The van der Waals surface area contributed by atoms with Crippen LogP contribution in [0.25, 0.3) is 0 Å². The number of ketones is 1. The summed E-state index contributed by atoms with van der Waals surface area (Å²) in [4.78, 5) is 11.0. The van der Waals surface area contributed by atoms with Gasteiger partial charge in [0.1, 0.15) is 5.78 Å². The summed E-state index contributed by atoms with van der Waals surface area (Å²) in [6, 6.07) is 0. The second-order valence-corrected chi connectivity index (χ2v) is 3.04. The molecule has 0 aromatic rings. The molecule has 48 valence electrons. The van der Waals surface area contributed by atoms with Crippen LogP contribution >= 0.6 is 0 Å². The number of Topliss-reactive ketones (excluding diaryl/α,β-unsaturated/α-hetero) is 1. The maximum atomic E-state index is 11.0. The highest BCUT2D eigenvalue weighted by Gasteiger charge is 2.46. The predicted octanol–water partition coefficient (Wildman–Crippen LogP) is 1.40. The van der Waals surface area contributed by atoms with E-state index in [1.165, 1.54) is 0 Å². The van der Waals surface area contributed by atoms with Crippen molar-refractivity contribution in [3.63, 3.8) is 0 Å². The van der Waals surface area contributed by atoms with Crippen LogP contribution < -0.4 is 0 Å². The van der Waals surface area contributed by atoms with Crippen molar-refractivity contribution in [2.24, 2.45) is 17.8 Å². The molecule has 1 fully saturated rings. The molecule has 9 heavy (non-hydrogen) atoms. The van der Waals surface area contributed by atoms with E-state index < -0.39 is 0 Å². The maximum Gasteiger partial charge on any atom is 0.143 e. The van der Waals surface area contributed by atoms with Gasteiger partial charge >= 0.3 is 0 Å². The minimum atomic E-state index is 0.319. The number of hydrogen-bond donors (Lipinski definition) is 0. The summed E-state index contributed by atoms with van der Waals surface area (Å²) in [5.74, 6) is 1.80. The summed E-state index contributed by atoms with van der Waals surface area (Å²) in [6.07, 6.45) is 5.33. The van der Waals surface area contributed by atoms with Crippen LogP contribution in [0.2, 0.25) is 0 Å². The van der Waals surface area contributed by atoms with E-state index in [2.05, 4.69) is 12.2 Å². The summed E-state index contributed by atoms with van der Waals surface area (Å²) in [6.45, 7) is 2.04. The van der Waals surface area contributed by atoms with E-state index in [0.29, 0.717) is 23.5 Å². The van der Waals surface area contributed by atoms with Crippen molar-refractivity contribution in [2.75, 3.05) is 0 Å². The number of allylic oxidation sites excluding steroid dienone is 2. The Morgan fingerprint density at radius 2 is 2.44 bits per heavy atom. The van der Waals surface area contributed by atoms with Gasteiger partial charge in [-0.05, 0) is 12.3 Å². The second-order valence-electron chi connectivity index (χ2n) is 3.04. The van der Waals surface area contributed by atoms with E-state index in [1.54, 1.807) is 0 Å². The van der Waals surface area contributed by atoms with Gasteiger partial charge in [-0.25, -0.2) is 0 Å². The van der Waals surface area contributed by atoms with Crippen molar-refractivity contribution >= 4 is 5.78 Å². The average molecular weight is 122 g/mol. The number of hydrogen-bond acceptors (Lipinski definition) is 1. The first-order valence-corrected chi connectivity index (χ1v) is 3.51.